The molecule has 0 radical (unpaired) electrons. The number of rotatable bonds is 2. The van der Waals surface area contributed by atoms with Crippen molar-refractivity contribution in [3.8, 4) is 0 Å². The van der Waals surface area contributed by atoms with Crippen molar-refractivity contribution >= 4 is 12.1 Å². The van der Waals surface area contributed by atoms with Gasteiger partial charge in [0.25, 0.3) is 0 Å². The average molecular weight is 309 g/mol. The van der Waals surface area contributed by atoms with Crippen molar-refractivity contribution < 1.29 is 19.4 Å². The van der Waals surface area contributed by atoms with Gasteiger partial charge in [0.1, 0.15) is 5.60 Å². The lowest BCUT2D eigenvalue weighted by atomic mass is 9.59. The largest absolute Gasteiger partial charge is 0.481 e. The summed E-state index contributed by atoms with van der Waals surface area (Å²) >= 11 is 0. The van der Waals surface area contributed by atoms with Gasteiger partial charge >= 0.3 is 12.1 Å². The Morgan fingerprint density at radius 3 is 2.18 bits per heavy atom. The van der Waals surface area contributed by atoms with Crippen LogP contribution in [-0.4, -0.2) is 40.8 Å². The predicted octanol–water partition coefficient (Wildman–Crippen LogP) is 3.44. The molecule has 5 nitrogen and oxygen atoms in total. The molecular formula is C17H27NO4. The Balaban J connectivity index is 2.10. The predicted molar refractivity (Wildman–Crippen MR) is 83.6 cm³/mol. The third-order valence-electron chi connectivity index (χ3n) is 5.09. The summed E-state index contributed by atoms with van der Waals surface area (Å²) in [5.41, 5.74) is -1.63. The SMILES string of the molecule is CC(C)(C)OC(=O)N1CCC(C(=O)O)(C2(C)C=CCC2)CC1. The van der Waals surface area contributed by atoms with E-state index in [4.69, 9.17) is 4.74 Å². The Labute approximate surface area is 132 Å². The fourth-order valence-corrected chi connectivity index (χ4v) is 3.64. The molecule has 0 bridgehead atoms. The number of ether oxygens (including phenoxy) is 1. The van der Waals surface area contributed by atoms with E-state index >= 15 is 0 Å². The number of carboxylic acids is 1. The quantitative estimate of drug-likeness (QED) is 0.793. The Bertz CT molecular complexity index is 483. The minimum absolute atomic E-state index is 0.321. The first-order valence-corrected chi connectivity index (χ1v) is 7.99. The Morgan fingerprint density at radius 1 is 1.18 bits per heavy atom. The van der Waals surface area contributed by atoms with Gasteiger partial charge in [-0.3, -0.25) is 4.79 Å². The highest BCUT2D eigenvalue weighted by molar-refractivity contribution is 5.77. The summed E-state index contributed by atoms with van der Waals surface area (Å²) in [5.74, 6) is -0.745. The van der Waals surface area contributed by atoms with Gasteiger partial charge in [-0.05, 0) is 46.5 Å². The van der Waals surface area contributed by atoms with Gasteiger partial charge in [0, 0.05) is 18.5 Å². The molecule has 1 fully saturated rings. The van der Waals surface area contributed by atoms with Crippen LogP contribution in [0.15, 0.2) is 12.2 Å². The van der Waals surface area contributed by atoms with Gasteiger partial charge in [0.15, 0.2) is 0 Å². The summed E-state index contributed by atoms with van der Waals surface area (Å²) in [6, 6.07) is 0. The van der Waals surface area contributed by atoms with Crippen LogP contribution in [0.25, 0.3) is 0 Å². The number of nitrogens with zero attached hydrogens (tertiary/aromatic N) is 1. The summed E-state index contributed by atoms with van der Waals surface area (Å²) in [7, 11) is 0. The van der Waals surface area contributed by atoms with Gasteiger partial charge in [-0.2, -0.15) is 0 Å². The molecule has 0 saturated carbocycles. The summed E-state index contributed by atoms with van der Waals surface area (Å²) in [6.07, 6.45) is 6.53. The van der Waals surface area contributed by atoms with Crippen LogP contribution in [0.5, 0.6) is 0 Å². The molecule has 1 N–H and O–H groups in total. The summed E-state index contributed by atoms with van der Waals surface area (Å²) in [4.78, 5) is 25.8. The number of piperidine rings is 1. The zero-order valence-electron chi connectivity index (χ0n) is 14.0. The van der Waals surface area contributed by atoms with E-state index in [0.29, 0.717) is 25.9 Å². The van der Waals surface area contributed by atoms with E-state index in [0.717, 1.165) is 12.8 Å². The molecule has 0 aromatic rings. The molecule has 0 aromatic carbocycles. The van der Waals surface area contributed by atoms with Crippen LogP contribution >= 0.6 is 0 Å². The highest BCUT2D eigenvalue weighted by Gasteiger charge is 2.54. The van der Waals surface area contributed by atoms with E-state index in [9.17, 15) is 14.7 Å². The number of likely N-dealkylation sites (tertiary alicyclic amines) is 1. The minimum Gasteiger partial charge on any atom is -0.481 e. The highest BCUT2D eigenvalue weighted by Crippen LogP contribution is 2.53. The Kier molecular flexibility index (Phi) is 4.28. The van der Waals surface area contributed by atoms with Crippen LogP contribution in [0.3, 0.4) is 0 Å². The maximum Gasteiger partial charge on any atom is 0.410 e. The van der Waals surface area contributed by atoms with E-state index in [2.05, 4.69) is 12.2 Å². The molecule has 22 heavy (non-hydrogen) atoms. The standard InChI is InChI=1S/C17H27NO4/c1-15(2,3)22-14(21)18-11-9-17(10-12-18,13(19)20)16(4)7-5-6-8-16/h5,7H,6,8-12H2,1-4H3,(H,19,20). The Morgan fingerprint density at radius 2 is 1.77 bits per heavy atom. The first-order valence-electron chi connectivity index (χ1n) is 7.99. The normalized spacial score (nSPS) is 27.7. The lowest BCUT2D eigenvalue weighted by Gasteiger charge is -2.47. The number of hydrogen-bond acceptors (Lipinski definition) is 3. The molecule has 1 unspecified atom stereocenters. The monoisotopic (exact) mass is 309 g/mol. The second-order valence-electron chi connectivity index (χ2n) is 7.71. The van der Waals surface area contributed by atoms with Gasteiger partial charge in [-0.15, -0.1) is 0 Å². The zero-order chi connectivity index (χ0) is 16.6. The maximum atomic E-state index is 12.1. The van der Waals surface area contributed by atoms with Crippen LogP contribution in [0.2, 0.25) is 0 Å². The van der Waals surface area contributed by atoms with Crippen molar-refractivity contribution in [2.24, 2.45) is 10.8 Å². The third-order valence-corrected chi connectivity index (χ3v) is 5.09. The molecule has 1 aliphatic carbocycles. The number of amides is 1. The van der Waals surface area contributed by atoms with Crippen molar-refractivity contribution in [1.82, 2.24) is 4.90 Å². The van der Waals surface area contributed by atoms with Crippen molar-refractivity contribution in [2.75, 3.05) is 13.1 Å². The van der Waals surface area contributed by atoms with Crippen molar-refractivity contribution in [1.29, 1.82) is 0 Å². The van der Waals surface area contributed by atoms with Crippen molar-refractivity contribution in [3.05, 3.63) is 12.2 Å². The second-order valence-corrected chi connectivity index (χ2v) is 7.71. The van der Waals surface area contributed by atoms with Crippen molar-refractivity contribution in [3.63, 3.8) is 0 Å². The number of carbonyl (C=O) groups excluding carboxylic acids is 1. The van der Waals surface area contributed by atoms with Gasteiger partial charge in [0.2, 0.25) is 0 Å². The van der Waals surface area contributed by atoms with Gasteiger partial charge < -0.3 is 14.7 Å². The van der Waals surface area contributed by atoms with E-state index in [1.807, 2.05) is 27.7 Å². The maximum absolute atomic E-state index is 12.1. The van der Waals surface area contributed by atoms with Crippen molar-refractivity contribution in [2.45, 2.75) is 59.0 Å². The minimum atomic E-state index is -0.779. The zero-order valence-corrected chi connectivity index (χ0v) is 14.0. The number of carboxylic acid groups (broad SMARTS) is 1. The lowest BCUT2D eigenvalue weighted by molar-refractivity contribution is -0.160. The first kappa shape index (κ1) is 16.8. The average Bonchev–Trinajstić information content (AvgIpc) is 2.85. The molecule has 2 aliphatic rings. The molecule has 5 heteroatoms. The van der Waals surface area contributed by atoms with Gasteiger partial charge in [-0.25, -0.2) is 4.79 Å². The van der Waals surface area contributed by atoms with E-state index < -0.39 is 17.0 Å². The molecule has 124 valence electrons. The lowest BCUT2D eigenvalue weighted by Crippen LogP contribution is -2.53. The molecule has 1 saturated heterocycles. The first-order chi connectivity index (χ1) is 10.1. The van der Waals surface area contributed by atoms with Crippen LogP contribution < -0.4 is 0 Å². The molecule has 1 heterocycles. The number of aliphatic carboxylic acids is 1. The van der Waals surface area contributed by atoms with E-state index in [1.165, 1.54) is 0 Å². The smallest absolute Gasteiger partial charge is 0.410 e. The van der Waals surface area contributed by atoms with E-state index in [1.54, 1.807) is 4.90 Å². The van der Waals surface area contributed by atoms with Gasteiger partial charge in [0.05, 0.1) is 5.41 Å². The third kappa shape index (κ3) is 2.99. The summed E-state index contributed by atoms with van der Waals surface area (Å²) in [5, 5.41) is 9.86. The van der Waals surface area contributed by atoms with Crippen LogP contribution in [0.4, 0.5) is 4.79 Å². The summed E-state index contributed by atoms with van der Waals surface area (Å²) < 4.78 is 5.38. The number of carbonyl (C=O) groups is 2. The number of hydrogen-bond donors (Lipinski definition) is 1. The fourth-order valence-electron chi connectivity index (χ4n) is 3.64. The molecular weight excluding hydrogens is 282 g/mol. The van der Waals surface area contributed by atoms with Crippen LogP contribution in [0.1, 0.15) is 53.4 Å². The van der Waals surface area contributed by atoms with E-state index in [-0.39, 0.29) is 11.5 Å². The topological polar surface area (TPSA) is 66.8 Å². The number of allylic oxidation sites excluding steroid dienone is 2. The molecule has 0 spiro atoms. The van der Waals surface area contributed by atoms with Crippen LogP contribution in [0, 0.1) is 10.8 Å². The van der Waals surface area contributed by atoms with Gasteiger partial charge in [-0.1, -0.05) is 19.1 Å². The van der Waals surface area contributed by atoms with Crippen LogP contribution in [-0.2, 0) is 9.53 Å². The molecule has 1 aliphatic heterocycles. The second kappa shape index (κ2) is 5.60. The molecule has 0 aromatic heterocycles. The molecule has 1 atom stereocenters. The molecule has 2 rings (SSSR count). The summed E-state index contributed by atoms with van der Waals surface area (Å²) in [6.45, 7) is 8.41. The highest BCUT2D eigenvalue weighted by atomic mass is 16.6. The fraction of sp³-hybridized carbons (Fsp3) is 0.765. The Hall–Kier alpha value is -1.52. The molecule has 1 amide bonds.